The Bertz CT molecular complexity index is 653. The Balaban J connectivity index is 2.07. The summed E-state index contributed by atoms with van der Waals surface area (Å²) in [7, 11) is 0. The lowest BCUT2D eigenvalue weighted by Crippen LogP contribution is -2.12. The van der Waals surface area contributed by atoms with Crippen molar-refractivity contribution >= 4 is 35.3 Å². The second-order valence-electron chi connectivity index (χ2n) is 4.00. The molecule has 0 heterocycles. The highest BCUT2D eigenvalue weighted by atomic mass is 35.5. The third kappa shape index (κ3) is 3.38. The van der Waals surface area contributed by atoms with E-state index in [1.165, 1.54) is 6.07 Å². The zero-order valence-electron chi connectivity index (χ0n) is 10.3. The van der Waals surface area contributed by atoms with Gasteiger partial charge < -0.3 is 4.74 Å². The van der Waals surface area contributed by atoms with Crippen LogP contribution < -0.4 is 4.74 Å². The number of Topliss-reactive ketones (excluding diaryl/α,β-unsaturated/α-hetero) is 1. The minimum atomic E-state index is -0.244. The van der Waals surface area contributed by atoms with E-state index in [-0.39, 0.29) is 17.4 Å². The highest BCUT2D eigenvalue weighted by Crippen LogP contribution is 2.25. The predicted molar refractivity (Wildman–Crippen MR) is 78.1 cm³/mol. The molecule has 20 heavy (non-hydrogen) atoms. The number of aldehydes is 1. The van der Waals surface area contributed by atoms with Crippen molar-refractivity contribution in [2.45, 2.75) is 0 Å². The zero-order valence-corrected chi connectivity index (χ0v) is 11.8. The molecule has 0 saturated carbocycles. The van der Waals surface area contributed by atoms with Gasteiger partial charge in [-0.15, -0.1) is 0 Å². The lowest BCUT2D eigenvalue weighted by molar-refractivity contribution is 0.0921. The number of carbonyl (C=O) groups excluding carboxylic acids is 2. The topological polar surface area (TPSA) is 43.4 Å². The SMILES string of the molecule is O=Cc1ccc(OCC(=O)c2ccccc2Cl)c(Cl)c1. The number of ketones is 1. The Labute approximate surface area is 126 Å². The van der Waals surface area contributed by atoms with E-state index in [0.717, 1.165) is 0 Å². The highest BCUT2D eigenvalue weighted by molar-refractivity contribution is 6.34. The van der Waals surface area contributed by atoms with Gasteiger partial charge in [-0.25, -0.2) is 0 Å². The molecule has 0 fully saturated rings. The monoisotopic (exact) mass is 308 g/mol. The first-order chi connectivity index (χ1) is 9.61. The van der Waals surface area contributed by atoms with Crippen LogP contribution in [0.25, 0.3) is 0 Å². The summed E-state index contributed by atoms with van der Waals surface area (Å²) in [6.07, 6.45) is 0.685. The Morgan fingerprint density at radius 2 is 1.85 bits per heavy atom. The number of rotatable bonds is 5. The average molecular weight is 309 g/mol. The summed E-state index contributed by atoms with van der Waals surface area (Å²) < 4.78 is 5.35. The van der Waals surface area contributed by atoms with Gasteiger partial charge >= 0.3 is 0 Å². The number of carbonyl (C=O) groups is 2. The summed E-state index contributed by atoms with van der Waals surface area (Å²) in [5.41, 5.74) is 0.842. The van der Waals surface area contributed by atoms with Crippen LogP contribution in [0.1, 0.15) is 20.7 Å². The van der Waals surface area contributed by atoms with Gasteiger partial charge in [0, 0.05) is 11.1 Å². The van der Waals surface area contributed by atoms with Crippen molar-refractivity contribution < 1.29 is 14.3 Å². The summed E-state index contributed by atoms with van der Waals surface area (Å²) in [5, 5.41) is 0.657. The number of hydrogen-bond donors (Lipinski definition) is 0. The van der Waals surface area contributed by atoms with Crippen LogP contribution in [0.4, 0.5) is 0 Å². The fraction of sp³-hybridized carbons (Fsp3) is 0.0667. The van der Waals surface area contributed by atoms with Crippen molar-refractivity contribution in [1.82, 2.24) is 0 Å². The van der Waals surface area contributed by atoms with Gasteiger partial charge in [0.25, 0.3) is 0 Å². The molecule has 0 saturated heterocycles. The molecule has 0 spiro atoms. The minimum absolute atomic E-state index is 0.177. The van der Waals surface area contributed by atoms with Crippen LogP contribution in [0.3, 0.4) is 0 Å². The van der Waals surface area contributed by atoms with Crippen LogP contribution in [-0.4, -0.2) is 18.7 Å². The molecule has 2 rings (SSSR count). The van der Waals surface area contributed by atoms with E-state index in [1.807, 2.05) is 0 Å². The molecule has 0 N–H and O–H groups in total. The van der Waals surface area contributed by atoms with Crippen molar-refractivity contribution in [1.29, 1.82) is 0 Å². The molecule has 0 amide bonds. The summed E-state index contributed by atoms with van der Waals surface area (Å²) in [4.78, 5) is 22.6. The van der Waals surface area contributed by atoms with Crippen molar-refractivity contribution in [3.05, 3.63) is 63.6 Å². The van der Waals surface area contributed by atoms with E-state index in [2.05, 4.69) is 0 Å². The Kier molecular flexibility index (Phi) is 4.77. The Morgan fingerprint density at radius 1 is 1.10 bits per heavy atom. The number of hydrogen-bond acceptors (Lipinski definition) is 3. The first kappa shape index (κ1) is 14.6. The quantitative estimate of drug-likeness (QED) is 0.618. The van der Waals surface area contributed by atoms with E-state index in [9.17, 15) is 9.59 Å². The van der Waals surface area contributed by atoms with Gasteiger partial charge in [-0.2, -0.15) is 0 Å². The molecule has 0 aliphatic rings. The largest absolute Gasteiger partial charge is 0.484 e. The highest BCUT2D eigenvalue weighted by Gasteiger charge is 2.11. The van der Waals surface area contributed by atoms with Gasteiger partial charge in [-0.3, -0.25) is 9.59 Å². The van der Waals surface area contributed by atoms with Gasteiger partial charge in [-0.05, 0) is 30.3 Å². The minimum Gasteiger partial charge on any atom is -0.484 e. The van der Waals surface area contributed by atoms with Crippen molar-refractivity contribution in [2.24, 2.45) is 0 Å². The molecule has 0 atom stereocenters. The molecule has 2 aromatic carbocycles. The first-order valence-corrected chi connectivity index (χ1v) is 6.52. The molecule has 3 nitrogen and oxygen atoms in total. The standard InChI is InChI=1S/C15H10Cl2O3/c16-12-4-2-1-3-11(12)14(19)9-20-15-6-5-10(8-18)7-13(15)17/h1-8H,9H2. The maximum atomic E-state index is 12.0. The molecule has 5 heteroatoms. The van der Waals surface area contributed by atoms with Gasteiger partial charge in [-0.1, -0.05) is 35.3 Å². The molecule has 0 radical (unpaired) electrons. The van der Waals surface area contributed by atoms with Gasteiger partial charge in [0.2, 0.25) is 5.78 Å². The molecule has 0 aromatic heterocycles. The van der Waals surface area contributed by atoms with E-state index in [0.29, 0.717) is 28.2 Å². The van der Waals surface area contributed by atoms with E-state index in [1.54, 1.807) is 36.4 Å². The zero-order chi connectivity index (χ0) is 14.5. The molecule has 0 unspecified atom stereocenters. The summed E-state index contributed by atoms with van der Waals surface area (Å²) >= 11 is 11.9. The fourth-order valence-electron chi connectivity index (χ4n) is 1.62. The Hall–Kier alpha value is -1.84. The summed E-state index contributed by atoms with van der Waals surface area (Å²) in [6, 6.07) is 11.3. The Morgan fingerprint density at radius 3 is 2.50 bits per heavy atom. The van der Waals surface area contributed by atoms with Crippen molar-refractivity contribution in [2.75, 3.05) is 6.61 Å². The van der Waals surface area contributed by atoms with Gasteiger partial charge in [0.05, 0.1) is 10.0 Å². The molecular formula is C15H10Cl2O3. The van der Waals surface area contributed by atoms with E-state index in [4.69, 9.17) is 27.9 Å². The third-order valence-electron chi connectivity index (χ3n) is 2.63. The van der Waals surface area contributed by atoms with Gasteiger partial charge in [0.1, 0.15) is 12.0 Å². The molecule has 0 aliphatic heterocycles. The lowest BCUT2D eigenvalue weighted by atomic mass is 10.1. The van der Waals surface area contributed by atoms with E-state index >= 15 is 0 Å². The van der Waals surface area contributed by atoms with Crippen molar-refractivity contribution in [3.8, 4) is 5.75 Å². The molecule has 0 aliphatic carbocycles. The second kappa shape index (κ2) is 6.55. The second-order valence-corrected chi connectivity index (χ2v) is 4.81. The van der Waals surface area contributed by atoms with Gasteiger partial charge in [0.15, 0.2) is 6.61 Å². The average Bonchev–Trinajstić information content (AvgIpc) is 2.46. The molecule has 2 aromatic rings. The lowest BCUT2D eigenvalue weighted by Gasteiger charge is -2.08. The number of ether oxygens (including phenoxy) is 1. The molecule has 102 valence electrons. The summed E-state index contributed by atoms with van der Waals surface area (Å²) in [6.45, 7) is -0.177. The molecule has 0 bridgehead atoms. The molecular weight excluding hydrogens is 299 g/mol. The first-order valence-electron chi connectivity index (χ1n) is 5.77. The maximum Gasteiger partial charge on any atom is 0.201 e. The van der Waals surface area contributed by atoms with E-state index < -0.39 is 0 Å². The number of benzene rings is 2. The third-order valence-corrected chi connectivity index (χ3v) is 3.25. The van der Waals surface area contributed by atoms with Crippen LogP contribution in [0.2, 0.25) is 10.0 Å². The predicted octanol–water partition coefficient (Wildman–Crippen LogP) is 4.07. The smallest absolute Gasteiger partial charge is 0.201 e. The fourth-order valence-corrected chi connectivity index (χ4v) is 2.10. The van der Waals surface area contributed by atoms with Crippen molar-refractivity contribution in [3.63, 3.8) is 0 Å². The number of halogens is 2. The van der Waals surface area contributed by atoms with Crippen LogP contribution in [0, 0.1) is 0 Å². The summed E-state index contributed by atoms with van der Waals surface area (Å²) in [5.74, 6) is 0.101. The van der Waals surface area contributed by atoms with Crippen LogP contribution >= 0.6 is 23.2 Å². The van der Waals surface area contributed by atoms with Crippen LogP contribution in [0.15, 0.2) is 42.5 Å². The maximum absolute atomic E-state index is 12.0. The normalized spacial score (nSPS) is 10.1. The van der Waals surface area contributed by atoms with Crippen LogP contribution in [-0.2, 0) is 0 Å². The van der Waals surface area contributed by atoms with Crippen LogP contribution in [0.5, 0.6) is 5.75 Å².